The number of fused-ring (bicyclic) bond motifs is 1. The van der Waals surface area contributed by atoms with Crippen LogP contribution in [0.5, 0.6) is 5.75 Å². The number of carbonyl (C=O) groups is 1. The molecule has 0 saturated carbocycles. The van der Waals surface area contributed by atoms with Crippen LogP contribution in [0.15, 0.2) is 72.8 Å². The molecule has 152 valence electrons. The standard InChI is InChI=1S/C26H24O3S/c1-2-3-7-24-26(22-6-4-5-8-23(22)30-24)20-11-9-18(10-12-20)19-13-15-21(16-14-19)29-17-25(27)28/h4-6,8-16H,2-3,7,17H2,1H3,(H,27,28). The summed E-state index contributed by atoms with van der Waals surface area (Å²) < 4.78 is 6.56. The highest BCUT2D eigenvalue weighted by molar-refractivity contribution is 7.19. The third kappa shape index (κ3) is 4.39. The number of aliphatic carboxylic acids is 1. The lowest BCUT2D eigenvalue weighted by atomic mass is 9.97. The Bertz CT molecular complexity index is 1140. The first-order valence-electron chi connectivity index (χ1n) is 10.2. The number of thiophene rings is 1. The Labute approximate surface area is 180 Å². The molecule has 3 nitrogen and oxygen atoms in total. The van der Waals surface area contributed by atoms with Crippen molar-refractivity contribution in [2.45, 2.75) is 26.2 Å². The fraction of sp³-hybridized carbons (Fsp3) is 0.192. The molecule has 0 aliphatic heterocycles. The van der Waals surface area contributed by atoms with Crippen molar-refractivity contribution in [1.29, 1.82) is 0 Å². The number of carboxylic acids is 1. The van der Waals surface area contributed by atoms with Crippen LogP contribution < -0.4 is 4.74 Å². The minimum absolute atomic E-state index is 0.330. The fourth-order valence-corrected chi connectivity index (χ4v) is 4.91. The average molecular weight is 417 g/mol. The van der Waals surface area contributed by atoms with Crippen molar-refractivity contribution < 1.29 is 14.6 Å². The van der Waals surface area contributed by atoms with E-state index in [-0.39, 0.29) is 6.61 Å². The van der Waals surface area contributed by atoms with Gasteiger partial charge in [-0.3, -0.25) is 0 Å². The van der Waals surface area contributed by atoms with Gasteiger partial charge in [0, 0.05) is 20.5 Å². The average Bonchev–Trinajstić information content (AvgIpc) is 3.15. The van der Waals surface area contributed by atoms with Gasteiger partial charge in [-0.25, -0.2) is 4.79 Å². The number of benzene rings is 3. The summed E-state index contributed by atoms with van der Waals surface area (Å²) in [5.41, 5.74) is 4.82. The predicted molar refractivity (Wildman–Crippen MR) is 124 cm³/mol. The molecule has 0 unspecified atom stereocenters. The number of ether oxygens (including phenoxy) is 1. The molecular formula is C26H24O3S. The van der Waals surface area contributed by atoms with Crippen LogP contribution in [0.3, 0.4) is 0 Å². The minimum Gasteiger partial charge on any atom is -0.482 e. The minimum atomic E-state index is -0.978. The lowest BCUT2D eigenvalue weighted by molar-refractivity contribution is -0.139. The third-order valence-corrected chi connectivity index (χ3v) is 6.38. The number of rotatable bonds is 8. The van der Waals surface area contributed by atoms with Crippen LogP contribution in [-0.4, -0.2) is 17.7 Å². The molecule has 0 aliphatic carbocycles. The molecule has 1 heterocycles. The van der Waals surface area contributed by atoms with Crippen molar-refractivity contribution in [3.63, 3.8) is 0 Å². The largest absolute Gasteiger partial charge is 0.482 e. The van der Waals surface area contributed by atoms with Crippen LogP contribution in [0.1, 0.15) is 24.6 Å². The highest BCUT2D eigenvalue weighted by Crippen LogP contribution is 2.40. The van der Waals surface area contributed by atoms with Gasteiger partial charge < -0.3 is 9.84 Å². The van der Waals surface area contributed by atoms with Gasteiger partial charge in [0.2, 0.25) is 0 Å². The molecular weight excluding hydrogens is 392 g/mol. The first-order chi connectivity index (χ1) is 14.7. The maximum Gasteiger partial charge on any atom is 0.341 e. The smallest absolute Gasteiger partial charge is 0.341 e. The topological polar surface area (TPSA) is 46.5 Å². The van der Waals surface area contributed by atoms with Crippen LogP contribution in [0.4, 0.5) is 0 Å². The van der Waals surface area contributed by atoms with E-state index in [1.54, 1.807) is 12.1 Å². The molecule has 1 aromatic heterocycles. The van der Waals surface area contributed by atoms with Crippen LogP contribution in [0.25, 0.3) is 32.3 Å². The number of hydrogen-bond acceptors (Lipinski definition) is 3. The monoisotopic (exact) mass is 416 g/mol. The van der Waals surface area contributed by atoms with Gasteiger partial charge in [-0.05, 0) is 47.7 Å². The normalized spacial score (nSPS) is 11.0. The van der Waals surface area contributed by atoms with E-state index >= 15 is 0 Å². The molecule has 0 amide bonds. The lowest BCUT2D eigenvalue weighted by Crippen LogP contribution is -2.09. The summed E-state index contributed by atoms with van der Waals surface area (Å²) in [5, 5.41) is 10.1. The molecule has 3 aromatic carbocycles. The summed E-state index contributed by atoms with van der Waals surface area (Å²) in [5.74, 6) is -0.419. The van der Waals surface area contributed by atoms with Gasteiger partial charge in [0.25, 0.3) is 0 Å². The zero-order chi connectivity index (χ0) is 20.9. The summed E-state index contributed by atoms with van der Waals surface area (Å²) in [4.78, 5) is 12.1. The van der Waals surface area contributed by atoms with Crippen molar-refractivity contribution in [1.82, 2.24) is 0 Å². The maximum atomic E-state index is 10.6. The van der Waals surface area contributed by atoms with E-state index in [4.69, 9.17) is 9.84 Å². The summed E-state index contributed by atoms with van der Waals surface area (Å²) in [6.07, 6.45) is 3.51. The van der Waals surface area contributed by atoms with Gasteiger partial charge in [-0.1, -0.05) is 67.9 Å². The first kappa shape index (κ1) is 20.2. The Hall–Kier alpha value is -3.11. The quantitative estimate of drug-likeness (QED) is 0.335. The molecule has 0 bridgehead atoms. The highest BCUT2D eigenvalue weighted by Gasteiger charge is 2.13. The molecule has 0 fully saturated rings. The zero-order valence-corrected chi connectivity index (χ0v) is 17.7. The molecule has 4 aromatic rings. The van der Waals surface area contributed by atoms with Crippen molar-refractivity contribution >= 4 is 27.4 Å². The fourth-order valence-electron chi connectivity index (χ4n) is 3.64. The van der Waals surface area contributed by atoms with Gasteiger partial charge in [-0.15, -0.1) is 11.3 Å². The van der Waals surface area contributed by atoms with E-state index in [1.165, 1.54) is 38.9 Å². The Morgan fingerprint density at radius 2 is 1.53 bits per heavy atom. The van der Waals surface area contributed by atoms with Crippen LogP contribution in [0.2, 0.25) is 0 Å². The second-order valence-corrected chi connectivity index (χ2v) is 8.42. The molecule has 1 N–H and O–H groups in total. The maximum absolute atomic E-state index is 10.6. The molecule has 0 atom stereocenters. The lowest BCUT2D eigenvalue weighted by Gasteiger charge is -2.08. The molecule has 30 heavy (non-hydrogen) atoms. The van der Waals surface area contributed by atoms with Crippen molar-refractivity contribution in [2.75, 3.05) is 6.61 Å². The molecule has 4 heteroatoms. The molecule has 0 radical (unpaired) electrons. The van der Waals surface area contributed by atoms with Crippen molar-refractivity contribution in [3.05, 3.63) is 77.7 Å². The van der Waals surface area contributed by atoms with Crippen molar-refractivity contribution in [2.24, 2.45) is 0 Å². The summed E-state index contributed by atoms with van der Waals surface area (Å²) in [6, 6.07) is 24.9. The second-order valence-electron chi connectivity index (χ2n) is 7.28. The van der Waals surface area contributed by atoms with Gasteiger partial charge in [0.15, 0.2) is 6.61 Å². The van der Waals surface area contributed by atoms with Crippen LogP contribution in [-0.2, 0) is 11.2 Å². The van der Waals surface area contributed by atoms with E-state index in [0.29, 0.717) is 5.75 Å². The Kier molecular flexibility index (Phi) is 6.15. The Balaban J connectivity index is 1.62. The zero-order valence-electron chi connectivity index (χ0n) is 16.9. The summed E-state index contributed by atoms with van der Waals surface area (Å²) in [6.45, 7) is 1.91. The number of aryl methyl sites for hydroxylation is 1. The predicted octanol–water partition coefficient (Wildman–Crippen LogP) is 7.04. The number of hydrogen-bond donors (Lipinski definition) is 1. The highest BCUT2D eigenvalue weighted by atomic mass is 32.1. The SMILES string of the molecule is CCCCc1sc2ccccc2c1-c1ccc(-c2ccc(OCC(=O)O)cc2)cc1. The van der Waals surface area contributed by atoms with Gasteiger partial charge in [0.1, 0.15) is 5.75 Å². The van der Waals surface area contributed by atoms with Crippen molar-refractivity contribution in [3.8, 4) is 28.0 Å². The molecule has 4 rings (SSSR count). The second kappa shape index (κ2) is 9.14. The van der Waals surface area contributed by atoms with E-state index in [0.717, 1.165) is 17.5 Å². The Morgan fingerprint density at radius 1 is 0.900 bits per heavy atom. The van der Waals surface area contributed by atoms with E-state index < -0.39 is 5.97 Å². The summed E-state index contributed by atoms with van der Waals surface area (Å²) in [7, 11) is 0. The molecule has 0 saturated heterocycles. The van der Waals surface area contributed by atoms with E-state index in [9.17, 15) is 4.79 Å². The summed E-state index contributed by atoms with van der Waals surface area (Å²) >= 11 is 1.91. The van der Waals surface area contributed by atoms with Gasteiger partial charge in [-0.2, -0.15) is 0 Å². The molecule has 0 aliphatic rings. The first-order valence-corrected chi connectivity index (χ1v) is 11.0. The third-order valence-electron chi connectivity index (χ3n) is 5.15. The van der Waals surface area contributed by atoms with Crippen LogP contribution >= 0.6 is 11.3 Å². The van der Waals surface area contributed by atoms with E-state index in [2.05, 4.69) is 55.5 Å². The van der Waals surface area contributed by atoms with Gasteiger partial charge in [0.05, 0.1) is 0 Å². The molecule has 0 spiro atoms. The van der Waals surface area contributed by atoms with Crippen LogP contribution in [0, 0.1) is 0 Å². The number of unbranched alkanes of at least 4 members (excludes halogenated alkanes) is 1. The number of carboxylic acid groups (broad SMARTS) is 1. The Morgan fingerprint density at radius 3 is 2.20 bits per heavy atom. The van der Waals surface area contributed by atoms with Gasteiger partial charge >= 0.3 is 5.97 Å². The van der Waals surface area contributed by atoms with E-state index in [1.807, 2.05) is 23.5 Å².